The van der Waals surface area contributed by atoms with Gasteiger partial charge in [-0.05, 0) is 36.1 Å². The smallest absolute Gasteiger partial charge is 0.201 e. The van der Waals surface area contributed by atoms with Gasteiger partial charge in [-0.1, -0.05) is 28.9 Å². The van der Waals surface area contributed by atoms with Crippen molar-refractivity contribution in [3.05, 3.63) is 45.1 Å². The van der Waals surface area contributed by atoms with Gasteiger partial charge in [0.25, 0.3) is 0 Å². The Kier molecular flexibility index (Phi) is 3.33. The topological polar surface area (TPSA) is 43.8 Å². The van der Waals surface area contributed by atoms with Crippen molar-refractivity contribution in [3.63, 3.8) is 0 Å². The number of nitrogen functional groups attached to an aromatic ring is 1. The van der Waals surface area contributed by atoms with Gasteiger partial charge in [-0.15, -0.1) is 11.3 Å². The van der Waals surface area contributed by atoms with Gasteiger partial charge in [0.1, 0.15) is 0 Å². The van der Waals surface area contributed by atoms with E-state index in [1.165, 1.54) is 4.88 Å². The van der Waals surface area contributed by atoms with E-state index in [4.69, 9.17) is 5.73 Å². The first-order valence-corrected chi connectivity index (χ1v) is 7.84. The maximum atomic E-state index is 6.13. The van der Waals surface area contributed by atoms with Gasteiger partial charge in [-0.3, -0.25) is 0 Å². The van der Waals surface area contributed by atoms with Crippen LogP contribution in [0.15, 0.2) is 40.2 Å². The van der Waals surface area contributed by atoms with Crippen LogP contribution in [0.25, 0.3) is 11.0 Å². The summed E-state index contributed by atoms with van der Waals surface area (Å²) in [5, 5.41) is 2.10. The van der Waals surface area contributed by atoms with E-state index in [2.05, 4.69) is 56.0 Å². The van der Waals surface area contributed by atoms with E-state index in [-0.39, 0.29) is 6.04 Å². The number of hydrogen-bond acceptors (Lipinski definition) is 3. The second-order valence-corrected chi connectivity index (χ2v) is 6.31. The number of imidazole rings is 1. The normalized spacial score (nSPS) is 12.9. The van der Waals surface area contributed by atoms with Gasteiger partial charge in [-0.2, -0.15) is 0 Å². The number of aromatic nitrogens is 2. The summed E-state index contributed by atoms with van der Waals surface area (Å²) in [6.45, 7) is 2.17. The van der Waals surface area contributed by atoms with E-state index in [0.29, 0.717) is 5.95 Å². The lowest BCUT2D eigenvalue weighted by Gasteiger charge is -2.17. The molecule has 2 N–H and O–H groups in total. The number of fused-ring (bicyclic) bond motifs is 1. The van der Waals surface area contributed by atoms with Crippen LogP contribution in [0.5, 0.6) is 0 Å². The van der Waals surface area contributed by atoms with E-state index in [1.54, 1.807) is 11.3 Å². The molecule has 0 spiro atoms. The number of hydrogen-bond donors (Lipinski definition) is 1. The molecule has 0 fully saturated rings. The quantitative estimate of drug-likeness (QED) is 0.768. The molecule has 1 aromatic carbocycles. The van der Waals surface area contributed by atoms with Crippen LogP contribution in [0.3, 0.4) is 0 Å². The van der Waals surface area contributed by atoms with Crippen molar-refractivity contribution in [2.24, 2.45) is 0 Å². The van der Waals surface area contributed by atoms with Gasteiger partial charge in [0.2, 0.25) is 5.95 Å². The van der Waals surface area contributed by atoms with Gasteiger partial charge in [-0.25, -0.2) is 4.98 Å². The maximum absolute atomic E-state index is 6.13. The van der Waals surface area contributed by atoms with E-state index < -0.39 is 0 Å². The summed E-state index contributed by atoms with van der Waals surface area (Å²) in [5.74, 6) is 0.577. The Balaban J connectivity index is 2.23. The van der Waals surface area contributed by atoms with Gasteiger partial charge in [0, 0.05) is 9.35 Å². The lowest BCUT2D eigenvalue weighted by Crippen LogP contribution is -2.11. The van der Waals surface area contributed by atoms with Crippen molar-refractivity contribution in [1.82, 2.24) is 9.55 Å². The Hall–Kier alpha value is -1.33. The molecular weight excluding hydrogens is 322 g/mol. The molecule has 1 atom stereocenters. The second-order valence-electron chi connectivity index (χ2n) is 4.41. The molecule has 19 heavy (non-hydrogen) atoms. The SMILES string of the molecule is CCC(c1cccs1)n1c(N)nc2ccc(Br)cc21. The molecule has 3 rings (SSSR count). The molecule has 0 aliphatic carbocycles. The number of nitrogens with zero attached hydrogens (tertiary/aromatic N) is 2. The van der Waals surface area contributed by atoms with Crippen LogP contribution in [0, 0.1) is 0 Å². The molecule has 0 amide bonds. The lowest BCUT2D eigenvalue weighted by atomic mass is 10.1. The summed E-state index contributed by atoms with van der Waals surface area (Å²) < 4.78 is 3.17. The fourth-order valence-electron chi connectivity index (χ4n) is 2.40. The highest BCUT2D eigenvalue weighted by Crippen LogP contribution is 2.33. The van der Waals surface area contributed by atoms with E-state index >= 15 is 0 Å². The summed E-state index contributed by atoms with van der Waals surface area (Å²) in [6, 6.07) is 10.5. The molecular formula is C14H14BrN3S. The number of halogens is 1. The van der Waals surface area contributed by atoms with Crippen LogP contribution in [-0.2, 0) is 0 Å². The molecule has 0 saturated carbocycles. The van der Waals surface area contributed by atoms with Crippen molar-refractivity contribution in [2.45, 2.75) is 19.4 Å². The van der Waals surface area contributed by atoms with Crippen LogP contribution in [0.4, 0.5) is 5.95 Å². The first-order valence-electron chi connectivity index (χ1n) is 6.17. The molecule has 3 aromatic rings. The fourth-order valence-corrected chi connectivity index (χ4v) is 3.65. The van der Waals surface area contributed by atoms with Crippen LogP contribution in [0.2, 0.25) is 0 Å². The number of nitrogens with two attached hydrogens (primary N) is 1. The Morgan fingerprint density at radius 2 is 2.26 bits per heavy atom. The predicted molar refractivity (Wildman–Crippen MR) is 84.6 cm³/mol. The van der Waals surface area contributed by atoms with Gasteiger partial charge in [0.15, 0.2) is 0 Å². The van der Waals surface area contributed by atoms with Crippen molar-refractivity contribution < 1.29 is 0 Å². The van der Waals surface area contributed by atoms with Crippen molar-refractivity contribution in [2.75, 3.05) is 5.73 Å². The molecule has 0 bridgehead atoms. The third-order valence-electron chi connectivity index (χ3n) is 3.25. The lowest BCUT2D eigenvalue weighted by molar-refractivity contribution is 0.599. The summed E-state index contributed by atoms with van der Waals surface area (Å²) in [6.07, 6.45) is 0.989. The summed E-state index contributed by atoms with van der Waals surface area (Å²) in [5.41, 5.74) is 8.14. The predicted octanol–water partition coefficient (Wildman–Crippen LogP) is 4.44. The largest absolute Gasteiger partial charge is 0.369 e. The summed E-state index contributed by atoms with van der Waals surface area (Å²) in [4.78, 5) is 5.77. The Morgan fingerprint density at radius 3 is 2.95 bits per heavy atom. The molecule has 0 saturated heterocycles. The molecule has 0 aliphatic rings. The highest BCUT2D eigenvalue weighted by molar-refractivity contribution is 9.10. The highest BCUT2D eigenvalue weighted by Gasteiger charge is 2.19. The second kappa shape index (κ2) is 4.98. The van der Waals surface area contributed by atoms with E-state index in [1.807, 2.05) is 12.1 Å². The van der Waals surface area contributed by atoms with Crippen LogP contribution >= 0.6 is 27.3 Å². The number of anilines is 1. The molecule has 2 heterocycles. The Labute approximate surface area is 124 Å². The average Bonchev–Trinajstić information content (AvgIpc) is 3.00. The Morgan fingerprint density at radius 1 is 1.42 bits per heavy atom. The van der Waals surface area contributed by atoms with Crippen molar-refractivity contribution in [1.29, 1.82) is 0 Å². The monoisotopic (exact) mass is 335 g/mol. The molecule has 5 heteroatoms. The fraction of sp³-hybridized carbons (Fsp3) is 0.214. The summed E-state index contributed by atoms with van der Waals surface area (Å²) in [7, 11) is 0. The number of benzene rings is 1. The zero-order valence-electron chi connectivity index (χ0n) is 10.5. The van der Waals surface area contributed by atoms with Crippen LogP contribution < -0.4 is 5.73 Å². The zero-order valence-corrected chi connectivity index (χ0v) is 12.9. The first-order chi connectivity index (χ1) is 9.20. The Bertz CT molecular complexity index is 703. The van der Waals surface area contributed by atoms with E-state index in [0.717, 1.165) is 21.9 Å². The number of thiophene rings is 1. The van der Waals surface area contributed by atoms with Crippen molar-refractivity contribution in [3.8, 4) is 0 Å². The third kappa shape index (κ3) is 2.17. The number of rotatable bonds is 3. The molecule has 3 nitrogen and oxygen atoms in total. The molecule has 0 aliphatic heterocycles. The molecule has 2 aromatic heterocycles. The minimum absolute atomic E-state index is 0.249. The third-order valence-corrected chi connectivity index (χ3v) is 4.72. The average molecular weight is 336 g/mol. The van der Waals surface area contributed by atoms with Crippen molar-refractivity contribution >= 4 is 44.2 Å². The van der Waals surface area contributed by atoms with Crippen LogP contribution in [-0.4, -0.2) is 9.55 Å². The highest BCUT2D eigenvalue weighted by atomic mass is 79.9. The van der Waals surface area contributed by atoms with Gasteiger partial charge in [0.05, 0.1) is 17.1 Å². The molecule has 0 radical (unpaired) electrons. The maximum Gasteiger partial charge on any atom is 0.201 e. The van der Waals surface area contributed by atoms with E-state index in [9.17, 15) is 0 Å². The van der Waals surface area contributed by atoms with Gasteiger partial charge < -0.3 is 10.3 Å². The minimum atomic E-state index is 0.249. The molecule has 1 unspecified atom stereocenters. The minimum Gasteiger partial charge on any atom is -0.369 e. The zero-order chi connectivity index (χ0) is 13.4. The summed E-state index contributed by atoms with van der Waals surface area (Å²) >= 11 is 5.28. The van der Waals surface area contributed by atoms with Crippen LogP contribution in [0.1, 0.15) is 24.3 Å². The van der Waals surface area contributed by atoms with Gasteiger partial charge >= 0.3 is 0 Å². The first kappa shape index (κ1) is 12.7. The molecule has 98 valence electrons. The standard InChI is InChI=1S/C14H14BrN3S/c1-2-11(13-4-3-7-19-13)18-12-8-9(15)5-6-10(12)17-14(18)16/h3-8,11H,2H2,1H3,(H2,16,17).